The van der Waals surface area contributed by atoms with Gasteiger partial charge in [0.25, 0.3) is 0 Å². The summed E-state index contributed by atoms with van der Waals surface area (Å²) in [5, 5.41) is 0. The van der Waals surface area contributed by atoms with Gasteiger partial charge in [0.2, 0.25) is 0 Å². The molecule has 0 saturated heterocycles. The Bertz CT molecular complexity index is 210. The van der Waals surface area contributed by atoms with Crippen LogP contribution in [0.3, 0.4) is 0 Å². The molecule has 18 heavy (non-hydrogen) atoms. The monoisotopic (exact) mass is 260 g/mol. The molecular weight excluding hydrogens is 232 g/mol. The molecule has 0 aromatic carbocycles. The van der Waals surface area contributed by atoms with Gasteiger partial charge < -0.3 is 14.4 Å². The van der Waals surface area contributed by atoms with Crippen molar-refractivity contribution in [3.8, 4) is 0 Å². The largest absolute Gasteiger partial charge is 0.464 e. The number of rotatable bonds is 11. The lowest BCUT2D eigenvalue weighted by molar-refractivity contribution is -0.148. The molecule has 0 N–H and O–H groups in total. The van der Waals surface area contributed by atoms with Crippen molar-refractivity contribution in [2.24, 2.45) is 0 Å². The molecule has 0 fully saturated rings. The van der Waals surface area contributed by atoms with Crippen molar-refractivity contribution < 1.29 is 14.3 Å². The Hall–Kier alpha value is -0.650. The lowest BCUT2D eigenvalue weighted by Crippen LogP contribution is -2.35. The van der Waals surface area contributed by atoms with E-state index in [2.05, 4.69) is 30.8 Å². The predicted octanol–water partition coefficient (Wildman–Crippen LogP) is 0.840. The minimum Gasteiger partial charge on any atom is -0.464 e. The molecule has 108 valence electrons. The summed E-state index contributed by atoms with van der Waals surface area (Å²) in [6.45, 7) is 9.00. The van der Waals surface area contributed by atoms with Crippen LogP contribution in [0.2, 0.25) is 0 Å². The van der Waals surface area contributed by atoms with Gasteiger partial charge in [0, 0.05) is 19.6 Å². The molecule has 0 aromatic rings. The first-order chi connectivity index (χ1) is 8.60. The minimum absolute atomic E-state index is 0.0570. The highest BCUT2D eigenvalue weighted by Crippen LogP contribution is 1.93. The number of hydrogen-bond acceptors (Lipinski definition) is 5. The highest BCUT2D eigenvalue weighted by atomic mass is 16.6. The third-order valence-corrected chi connectivity index (χ3v) is 2.48. The Kier molecular flexibility index (Phi) is 11.0. The summed E-state index contributed by atoms with van der Waals surface area (Å²) in [7, 11) is 4.14. The van der Waals surface area contributed by atoms with Gasteiger partial charge in [-0.2, -0.15) is 0 Å². The first kappa shape index (κ1) is 17.4. The highest BCUT2D eigenvalue weighted by Gasteiger charge is 2.06. The SMILES string of the molecule is CCCN(CCOCC(=O)OCC)CCN(C)C. The number of nitrogens with zero attached hydrogens (tertiary/aromatic N) is 2. The number of likely N-dealkylation sites (N-methyl/N-ethyl adjacent to an activating group) is 1. The van der Waals surface area contributed by atoms with Crippen LogP contribution in [0.15, 0.2) is 0 Å². The molecule has 0 bridgehead atoms. The summed E-state index contributed by atoms with van der Waals surface area (Å²) in [4.78, 5) is 15.6. The molecule has 0 atom stereocenters. The molecule has 0 spiro atoms. The van der Waals surface area contributed by atoms with E-state index in [-0.39, 0.29) is 12.6 Å². The zero-order chi connectivity index (χ0) is 13.8. The molecule has 0 unspecified atom stereocenters. The Morgan fingerprint density at radius 1 is 1.06 bits per heavy atom. The van der Waals surface area contributed by atoms with Crippen LogP contribution in [0.5, 0.6) is 0 Å². The van der Waals surface area contributed by atoms with Crippen molar-refractivity contribution in [2.45, 2.75) is 20.3 Å². The normalized spacial score (nSPS) is 11.2. The second-order valence-electron chi connectivity index (χ2n) is 4.50. The Morgan fingerprint density at radius 3 is 2.33 bits per heavy atom. The fourth-order valence-corrected chi connectivity index (χ4v) is 1.54. The summed E-state index contributed by atoms with van der Waals surface area (Å²) >= 11 is 0. The third-order valence-electron chi connectivity index (χ3n) is 2.48. The van der Waals surface area contributed by atoms with Crippen molar-refractivity contribution in [2.75, 3.05) is 60.1 Å². The molecular formula is C13H28N2O3. The van der Waals surface area contributed by atoms with Crippen LogP contribution in [0, 0.1) is 0 Å². The topological polar surface area (TPSA) is 42.0 Å². The summed E-state index contributed by atoms with van der Waals surface area (Å²) in [6.07, 6.45) is 1.13. The van der Waals surface area contributed by atoms with Gasteiger partial charge in [-0.3, -0.25) is 4.90 Å². The van der Waals surface area contributed by atoms with Crippen molar-refractivity contribution >= 4 is 5.97 Å². The van der Waals surface area contributed by atoms with Crippen molar-refractivity contribution in [3.05, 3.63) is 0 Å². The Morgan fingerprint density at radius 2 is 1.78 bits per heavy atom. The molecule has 5 heteroatoms. The molecule has 0 aliphatic rings. The van der Waals surface area contributed by atoms with Gasteiger partial charge in [0.15, 0.2) is 0 Å². The van der Waals surface area contributed by atoms with Gasteiger partial charge in [0.05, 0.1) is 13.2 Å². The summed E-state index contributed by atoms with van der Waals surface area (Å²) < 4.78 is 10.1. The van der Waals surface area contributed by atoms with Gasteiger partial charge in [-0.15, -0.1) is 0 Å². The number of esters is 1. The highest BCUT2D eigenvalue weighted by molar-refractivity contribution is 5.70. The van der Waals surface area contributed by atoms with E-state index in [0.29, 0.717) is 13.2 Å². The second kappa shape index (κ2) is 11.4. The van der Waals surface area contributed by atoms with Gasteiger partial charge in [-0.1, -0.05) is 6.92 Å². The van der Waals surface area contributed by atoms with E-state index in [0.717, 1.165) is 32.6 Å². The van der Waals surface area contributed by atoms with Crippen LogP contribution in [0.25, 0.3) is 0 Å². The predicted molar refractivity (Wildman–Crippen MR) is 72.7 cm³/mol. The zero-order valence-corrected chi connectivity index (χ0v) is 12.3. The van der Waals surface area contributed by atoms with Gasteiger partial charge in [0.1, 0.15) is 6.61 Å². The number of carbonyl (C=O) groups excluding carboxylic acids is 1. The smallest absolute Gasteiger partial charge is 0.332 e. The van der Waals surface area contributed by atoms with Crippen LogP contribution in [0.1, 0.15) is 20.3 Å². The maximum atomic E-state index is 11.1. The van der Waals surface area contributed by atoms with Crippen LogP contribution < -0.4 is 0 Å². The molecule has 0 amide bonds. The maximum Gasteiger partial charge on any atom is 0.332 e. The molecule has 0 aliphatic carbocycles. The molecule has 0 saturated carbocycles. The standard InChI is InChI=1S/C13H28N2O3/c1-5-7-15(9-8-14(3)4)10-11-17-12-13(16)18-6-2/h5-12H2,1-4H3. The average Bonchev–Trinajstić information content (AvgIpc) is 2.31. The minimum atomic E-state index is -0.284. The lowest BCUT2D eigenvalue weighted by Gasteiger charge is -2.23. The van der Waals surface area contributed by atoms with Gasteiger partial charge in [-0.05, 0) is 34.0 Å². The van der Waals surface area contributed by atoms with E-state index in [1.54, 1.807) is 6.92 Å². The van der Waals surface area contributed by atoms with E-state index in [1.165, 1.54) is 0 Å². The molecule has 5 nitrogen and oxygen atoms in total. The van der Waals surface area contributed by atoms with E-state index >= 15 is 0 Å². The van der Waals surface area contributed by atoms with E-state index < -0.39 is 0 Å². The van der Waals surface area contributed by atoms with Crippen LogP contribution in [-0.4, -0.2) is 75.9 Å². The van der Waals surface area contributed by atoms with Crippen molar-refractivity contribution in [1.82, 2.24) is 9.80 Å². The quantitative estimate of drug-likeness (QED) is 0.407. The van der Waals surface area contributed by atoms with E-state index in [4.69, 9.17) is 9.47 Å². The van der Waals surface area contributed by atoms with Crippen molar-refractivity contribution in [3.63, 3.8) is 0 Å². The summed E-state index contributed by atoms with van der Waals surface area (Å²) in [6, 6.07) is 0. The third kappa shape index (κ3) is 10.5. The second-order valence-corrected chi connectivity index (χ2v) is 4.50. The van der Waals surface area contributed by atoms with Gasteiger partial charge >= 0.3 is 5.97 Å². The molecule has 0 aromatic heterocycles. The van der Waals surface area contributed by atoms with E-state index in [1.807, 2.05) is 0 Å². The number of ether oxygens (including phenoxy) is 2. The first-order valence-electron chi connectivity index (χ1n) is 6.70. The maximum absolute atomic E-state index is 11.1. The van der Waals surface area contributed by atoms with Crippen LogP contribution >= 0.6 is 0 Å². The summed E-state index contributed by atoms with van der Waals surface area (Å²) in [5.41, 5.74) is 0. The fraction of sp³-hybridized carbons (Fsp3) is 0.923. The van der Waals surface area contributed by atoms with Gasteiger partial charge in [-0.25, -0.2) is 4.79 Å². The number of carbonyl (C=O) groups is 1. The lowest BCUT2D eigenvalue weighted by atomic mass is 10.4. The first-order valence-corrected chi connectivity index (χ1v) is 6.70. The molecule has 0 heterocycles. The van der Waals surface area contributed by atoms with E-state index in [9.17, 15) is 4.79 Å². The molecule has 0 aliphatic heterocycles. The van der Waals surface area contributed by atoms with Crippen LogP contribution in [-0.2, 0) is 14.3 Å². The molecule has 0 radical (unpaired) electrons. The number of hydrogen-bond donors (Lipinski definition) is 0. The molecule has 0 rings (SSSR count). The average molecular weight is 260 g/mol. The van der Waals surface area contributed by atoms with Crippen molar-refractivity contribution in [1.29, 1.82) is 0 Å². The summed E-state index contributed by atoms with van der Waals surface area (Å²) in [5.74, 6) is -0.284. The Labute approximate surface area is 111 Å². The fourth-order valence-electron chi connectivity index (χ4n) is 1.54. The Balaban J connectivity index is 3.65. The zero-order valence-electron chi connectivity index (χ0n) is 12.3. The van der Waals surface area contributed by atoms with Crippen LogP contribution in [0.4, 0.5) is 0 Å².